The molecule has 2 atom stereocenters. The van der Waals surface area contributed by atoms with Crippen LogP contribution in [0.4, 0.5) is 16.3 Å². The first kappa shape index (κ1) is 19.1. The number of methoxy groups -OCH3 is 1. The van der Waals surface area contributed by atoms with Crippen molar-refractivity contribution in [2.24, 2.45) is 5.73 Å². The summed E-state index contributed by atoms with van der Waals surface area (Å²) >= 11 is 0. The lowest BCUT2D eigenvalue weighted by Crippen LogP contribution is -2.36. The number of benzene rings is 1. The minimum atomic E-state index is -0.508. The fourth-order valence-corrected chi connectivity index (χ4v) is 3.45. The quantitative estimate of drug-likeness (QED) is 0.746. The maximum Gasteiger partial charge on any atom is 0.416 e. The summed E-state index contributed by atoms with van der Waals surface area (Å²) in [4.78, 5) is 29.7. The Morgan fingerprint density at radius 3 is 3.03 bits per heavy atom. The molecular weight excluding hydrogens is 378 g/mol. The van der Waals surface area contributed by atoms with E-state index in [0.29, 0.717) is 37.2 Å². The van der Waals surface area contributed by atoms with E-state index >= 15 is 0 Å². The molecule has 10 nitrogen and oxygen atoms in total. The maximum absolute atomic E-state index is 12.2. The Morgan fingerprint density at radius 2 is 2.28 bits per heavy atom. The van der Waals surface area contributed by atoms with Gasteiger partial charge in [-0.15, -0.1) is 0 Å². The fraction of sp³-hybridized carbons (Fsp3) is 0.421. The van der Waals surface area contributed by atoms with Crippen molar-refractivity contribution in [3.63, 3.8) is 0 Å². The first-order valence-corrected chi connectivity index (χ1v) is 9.33. The van der Waals surface area contributed by atoms with Gasteiger partial charge in [-0.1, -0.05) is 0 Å². The summed E-state index contributed by atoms with van der Waals surface area (Å²) in [7, 11) is 1.58. The van der Waals surface area contributed by atoms with Crippen LogP contribution in [0.3, 0.4) is 0 Å². The van der Waals surface area contributed by atoms with Gasteiger partial charge in [0.2, 0.25) is 5.91 Å². The van der Waals surface area contributed by atoms with Gasteiger partial charge in [-0.2, -0.15) is 0 Å². The van der Waals surface area contributed by atoms with E-state index in [2.05, 4.69) is 5.32 Å². The number of carbonyl (C=O) groups is 2. The van der Waals surface area contributed by atoms with E-state index in [-0.39, 0.29) is 12.6 Å². The van der Waals surface area contributed by atoms with Crippen LogP contribution in [0.2, 0.25) is 0 Å². The van der Waals surface area contributed by atoms with Crippen molar-refractivity contribution < 1.29 is 23.8 Å². The minimum Gasteiger partial charge on any atom is -0.491 e. The molecule has 1 saturated heterocycles. The van der Waals surface area contributed by atoms with Crippen LogP contribution in [0, 0.1) is 0 Å². The molecule has 0 aliphatic carbocycles. The molecule has 3 heterocycles. The average Bonchev–Trinajstić information content (AvgIpc) is 3.21. The van der Waals surface area contributed by atoms with Crippen molar-refractivity contribution in [2.45, 2.75) is 25.6 Å². The molecule has 1 aromatic heterocycles. The first-order chi connectivity index (χ1) is 14.0. The van der Waals surface area contributed by atoms with Gasteiger partial charge in [-0.3, -0.25) is 9.69 Å². The number of fused-ring (bicyclic) bond motifs is 3. The number of rotatable bonds is 6. The zero-order valence-electron chi connectivity index (χ0n) is 16.3. The van der Waals surface area contributed by atoms with Crippen LogP contribution in [0.15, 0.2) is 24.4 Å². The largest absolute Gasteiger partial charge is 0.491 e. The van der Waals surface area contributed by atoms with E-state index in [9.17, 15) is 9.59 Å². The molecule has 1 fully saturated rings. The zero-order chi connectivity index (χ0) is 20.5. The molecule has 0 bridgehead atoms. The number of nitrogens with zero attached hydrogens (tertiary/aromatic N) is 3. The van der Waals surface area contributed by atoms with E-state index < -0.39 is 18.0 Å². The van der Waals surface area contributed by atoms with Gasteiger partial charge in [-0.25, -0.2) is 9.78 Å². The predicted molar refractivity (Wildman–Crippen MR) is 105 cm³/mol. The zero-order valence-corrected chi connectivity index (χ0v) is 16.3. The molecule has 1 aromatic carbocycles. The third kappa shape index (κ3) is 3.58. The Kier molecular flexibility index (Phi) is 5.01. The number of cyclic esters (lactones) is 1. The van der Waals surface area contributed by atoms with Crippen LogP contribution >= 0.6 is 0 Å². The normalized spacial score (nSPS) is 18.9. The number of imidazole rings is 1. The number of anilines is 2. The van der Waals surface area contributed by atoms with Gasteiger partial charge in [-0.05, 0) is 19.1 Å². The summed E-state index contributed by atoms with van der Waals surface area (Å²) in [5.41, 5.74) is 6.83. The average molecular weight is 401 g/mol. The SMILES string of the molecule is COC[C@@H]1COC(=O)N1c1cn2c(n1)-c1ccc(NC(C)C(N)=O)cc1OCC2. The Balaban J connectivity index is 1.67. The molecule has 3 N–H and O–H groups in total. The molecule has 0 radical (unpaired) electrons. The van der Waals surface area contributed by atoms with E-state index in [0.717, 1.165) is 11.3 Å². The van der Waals surface area contributed by atoms with Gasteiger partial charge < -0.3 is 29.8 Å². The summed E-state index contributed by atoms with van der Waals surface area (Å²) in [6, 6.07) is 4.80. The molecule has 0 saturated carbocycles. The molecule has 0 spiro atoms. The molecule has 29 heavy (non-hydrogen) atoms. The third-order valence-electron chi connectivity index (χ3n) is 4.95. The number of hydrogen-bond donors (Lipinski definition) is 2. The van der Waals surface area contributed by atoms with Gasteiger partial charge in [0.25, 0.3) is 0 Å². The molecular formula is C19H23N5O5. The van der Waals surface area contributed by atoms with Crippen molar-refractivity contribution in [1.29, 1.82) is 0 Å². The molecule has 10 heteroatoms. The van der Waals surface area contributed by atoms with Crippen molar-refractivity contribution in [1.82, 2.24) is 9.55 Å². The highest BCUT2D eigenvalue weighted by Crippen LogP contribution is 2.36. The molecule has 154 valence electrons. The second-order valence-corrected chi connectivity index (χ2v) is 7.00. The Labute approximate surface area is 167 Å². The van der Waals surface area contributed by atoms with Gasteiger partial charge in [0.05, 0.1) is 24.8 Å². The number of primary amides is 1. The Hall–Kier alpha value is -3.27. The van der Waals surface area contributed by atoms with E-state index in [4.69, 9.17) is 24.9 Å². The monoisotopic (exact) mass is 401 g/mol. The summed E-state index contributed by atoms with van der Waals surface area (Å²) in [5, 5.41) is 3.05. The van der Waals surface area contributed by atoms with Crippen molar-refractivity contribution in [3.8, 4) is 17.1 Å². The number of nitrogens with two attached hydrogens (primary N) is 1. The van der Waals surface area contributed by atoms with E-state index in [1.807, 2.05) is 29.0 Å². The van der Waals surface area contributed by atoms with Crippen molar-refractivity contribution in [3.05, 3.63) is 24.4 Å². The number of carbonyl (C=O) groups excluding carboxylic acids is 2. The van der Waals surface area contributed by atoms with Crippen molar-refractivity contribution >= 4 is 23.5 Å². The van der Waals surface area contributed by atoms with Crippen LogP contribution in [0.25, 0.3) is 11.4 Å². The van der Waals surface area contributed by atoms with Crippen molar-refractivity contribution in [2.75, 3.05) is 37.1 Å². The summed E-state index contributed by atoms with van der Waals surface area (Å²) < 4.78 is 18.2. The van der Waals surface area contributed by atoms with Crippen LogP contribution in [0.5, 0.6) is 5.75 Å². The number of aromatic nitrogens is 2. The fourth-order valence-electron chi connectivity index (χ4n) is 3.45. The number of ether oxygens (including phenoxy) is 3. The lowest BCUT2D eigenvalue weighted by Gasteiger charge is -2.18. The minimum absolute atomic E-state index is 0.218. The molecule has 1 unspecified atom stereocenters. The summed E-state index contributed by atoms with van der Waals surface area (Å²) in [6.45, 7) is 3.34. The number of amides is 2. The highest BCUT2D eigenvalue weighted by molar-refractivity contribution is 5.89. The lowest BCUT2D eigenvalue weighted by atomic mass is 10.1. The van der Waals surface area contributed by atoms with Gasteiger partial charge in [0.1, 0.15) is 30.8 Å². The van der Waals surface area contributed by atoms with Gasteiger partial charge in [0.15, 0.2) is 5.82 Å². The lowest BCUT2D eigenvalue weighted by molar-refractivity contribution is -0.118. The van der Waals surface area contributed by atoms with Crippen LogP contribution in [-0.2, 0) is 20.8 Å². The Morgan fingerprint density at radius 1 is 1.45 bits per heavy atom. The molecule has 2 aliphatic rings. The highest BCUT2D eigenvalue weighted by atomic mass is 16.6. The maximum atomic E-state index is 12.2. The summed E-state index contributed by atoms with van der Waals surface area (Å²) in [5.74, 6) is 1.41. The standard InChI is InChI=1S/C19H23N5O5/c1-11(17(20)25)21-12-3-4-14-15(7-12)28-6-5-23-8-16(22-18(14)23)24-13(9-27-2)10-29-19(24)26/h3-4,7-8,11,13,21H,5-6,9-10H2,1-2H3,(H2,20,25)/t11?,13-/m1/s1. The third-order valence-corrected chi connectivity index (χ3v) is 4.95. The van der Waals surface area contributed by atoms with Gasteiger partial charge >= 0.3 is 6.09 Å². The highest BCUT2D eigenvalue weighted by Gasteiger charge is 2.36. The smallest absolute Gasteiger partial charge is 0.416 e. The predicted octanol–water partition coefficient (Wildman–Crippen LogP) is 1.20. The second kappa shape index (κ2) is 7.63. The van der Waals surface area contributed by atoms with Crippen LogP contribution < -0.4 is 20.7 Å². The number of nitrogens with one attached hydrogen (secondary N) is 1. The first-order valence-electron chi connectivity index (χ1n) is 9.33. The molecule has 2 aromatic rings. The van der Waals surface area contributed by atoms with Gasteiger partial charge in [0, 0.05) is 25.1 Å². The molecule has 4 rings (SSSR count). The van der Waals surface area contributed by atoms with Crippen LogP contribution in [-0.4, -0.2) is 60.6 Å². The topological polar surface area (TPSA) is 121 Å². The van der Waals surface area contributed by atoms with Crippen LogP contribution in [0.1, 0.15) is 6.92 Å². The molecule has 2 aliphatic heterocycles. The van der Waals surface area contributed by atoms with E-state index in [1.54, 1.807) is 14.0 Å². The second-order valence-electron chi connectivity index (χ2n) is 7.00. The Bertz CT molecular complexity index is 943. The molecule has 2 amide bonds. The number of hydrogen-bond acceptors (Lipinski definition) is 7. The van der Waals surface area contributed by atoms with E-state index in [1.165, 1.54) is 4.90 Å². The summed E-state index contributed by atoms with van der Waals surface area (Å²) in [6.07, 6.45) is 1.39.